The molecule has 0 spiro atoms. The summed E-state index contributed by atoms with van der Waals surface area (Å²) in [5.41, 5.74) is 4.39. The summed E-state index contributed by atoms with van der Waals surface area (Å²) >= 11 is 3.38. The molecule has 0 aliphatic rings. The van der Waals surface area contributed by atoms with Crippen molar-refractivity contribution in [3.63, 3.8) is 0 Å². The van der Waals surface area contributed by atoms with E-state index in [0.29, 0.717) is 16.9 Å². The summed E-state index contributed by atoms with van der Waals surface area (Å²) in [5.74, 6) is -0.357. The van der Waals surface area contributed by atoms with E-state index in [1.165, 1.54) is 6.21 Å². The lowest BCUT2D eigenvalue weighted by molar-refractivity contribution is -0.120. The molecule has 1 N–H and O–H groups in total. The van der Waals surface area contributed by atoms with Gasteiger partial charge in [-0.25, -0.2) is 10.2 Å². The highest BCUT2D eigenvalue weighted by molar-refractivity contribution is 9.10. The van der Waals surface area contributed by atoms with Gasteiger partial charge in [-0.1, -0.05) is 64.5 Å². The molecule has 0 unspecified atom stereocenters. The van der Waals surface area contributed by atoms with Gasteiger partial charge < -0.3 is 4.74 Å². The lowest BCUT2D eigenvalue weighted by atomic mass is 10.1. The van der Waals surface area contributed by atoms with Crippen LogP contribution in [0, 0.1) is 0 Å². The molecule has 0 aliphatic carbocycles. The van der Waals surface area contributed by atoms with Crippen LogP contribution in [0.25, 0.3) is 0 Å². The van der Waals surface area contributed by atoms with E-state index in [1.807, 2.05) is 36.4 Å². The van der Waals surface area contributed by atoms with Gasteiger partial charge in [-0.05, 0) is 35.9 Å². The third-order valence-corrected chi connectivity index (χ3v) is 4.28. The Labute approximate surface area is 171 Å². The molecule has 0 fully saturated rings. The molecule has 1 amide bonds. The van der Waals surface area contributed by atoms with Crippen LogP contribution in [-0.2, 0) is 11.2 Å². The number of hydrogen-bond donors (Lipinski definition) is 1. The fourth-order valence-corrected chi connectivity index (χ4v) is 2.82. The van der Waals surface area contributed by atoms with Crippen LogP contribution in [0.5, 0.6) is 5.75 Å². The van der Waals surface area contributed by atoms with Crippen molar-refractivity contribution in [1.82, 2.24) is 5.43 Å². The van der Waals surface area contributed by atoms with Gasteiger partial charge in [-0.15, -0.1) is 0 Å². The van der Waals surface area contributed by atoms with E-state index in [2.05, 4.69) is 26.5 Å². The summed E-state index contributed by atoms with van der Waals surface area (Å²) < 4.78 is 6.27. The van der Waals surface area contributed by atoms with Crippen LogP contribution in [-0.4, -0.2) is 18.1 Å². The van der Waals surface area contributed by atoms with Gasteiger partial charge in [0.25, 0.3) is 0 Å². The first-order valence-corrected chi connectivity index (χ1v) is 9.34. The Kier molecular flexibility index (Phi) is 6.70. The molecule has 0 aliphatic heterocycles. The Morgan fingerprint density at radius 2 is 1.64 bits per heavy atom. The molecule has 0 atom stereocenters. The monoisotopic (exact) mass is 436 g/mol. The van der Waals surface area contributed by atoms with E-state index in [0.717, 1.165) is 10.0 Å². The van der Waals surface area contributed by atoms with Crippen LogP contribution in [0.4, 0.5) is 0 Å². The first kappa shape index (κ1) is 19.5. The molecule has 0 radical (unpaired) electrons. The first-order chi connectivity index (χ1) is 13.6. The van der Waals surface area contributed by atoms with Gasteiger partial charge in [0, 0.05) is 10.0 Å². The number of hydrazone groups is 1. The molecule has 28 heavy (non-hydrogen) atoms. The SMILES string of the molecule is O=C(Cc1ccccc1)N/N=C/c1cc(Br)ccc1OC(=O)c1ccccc1. The van der Waals surface area contributed by atoms with Crippen molar-refractivity contribution in [2.45, 2.75) is 6.42 Å². The zero-order valence-corrected chi connectivity index (χ0v) is 16.4. The number of nitrogens with zero attached hydrogens (tertiary/aromatic N) is 1. The molecular weight excluding hydrogens is 420 g/mol. The predicted molar refractivity (Wildman–Crippen MR) is 111 cm³/mol. The van der Waals surface area contributed by atoms with Crippen molar-refractivity contribution in [2.75, 3.05) is 0 Å². The van der Waals surface area contributed by atoms with E-state index in [1.54, 1.807) is 42.5 Å². The summed E-state index contributed by atoms with van der Waals surface area (Å²) in [6.07, 6.45) is 1.67. The minimum atomic E-state index is -0.467. The van der Waals surface area contributed by atoms with Gasteiger partial charge in [0.05, 0.1) is 18.2 Å². The van der Waals surface area contributed by atoms with Crippen molar-refractivity contribution >= 4 is 34.0 Å². The number of benzene rings is 3. The fourth-order valence-electron chi connectivity index (χ4n) is 2.44. The molecule has 0 saturated heterocycles. The van der Waals surface area contributed by atoms with Gasteiger partial charge in [0.1, 0.15) is 5.75 Å². The zero-order valence-electron chi connectivity index (χ0n) is 14.8. The molecule has 5 nitrogen and oxygen atoms in total. The summed E-state index contributed by atoms with van der Waals surface area (Å²) in [7, 11) is 0. The number of esters is 1. The average Bonchev–Trinajstić information content (AvgIpc) is 2.71. The van der Waals surface area contributed by atoms with Crippen LogP contribution in [0.1, 0.15) is 21.5 Å². The van der Waals surface area contributed by atoms with Crippen LogP contribution in [0.2, 0.25) is 0 Å². The number of rotatable bonds is 6. The van der Waals surface area contributed by atoms with Gasteiger partial charge in [-0.2, -0.15) is 5.10 Å². The fraction of sp³-hybridized carbons (Fsp3) is 0.0455. The van der Waals surface area contributed by atoms with Crippen LogP contribution < -0.4 is 10.2 Å². The molecule has 3 aromatic carbocycles. The number of ether oxygens (including phenoxy) is 1. The first-order valence-electron chi connectivity index (χ1n) is 8.54. The van der Waals surface area contributed by atoms with Crippen molar-refractivity contribution in [3.05, 3.63) is 100 Å². The Morgan fingerprint density at radius 3 is 2.36 bits per heavy atom. The normalized spacial score (nSPS) is 10.6. The topological polar surface area (TPSA) is 67.8 Å². The third kappa shape index (κ3) is 5.62. The molecule has 0 heterocycles. The second-order valence-corrected chi connectivity index (χ2v) is 6.81. The van der Waals surface area contributed by atoms with Crippen molar-refractivity contribution < 1.29 is 14.3 Å². The maximum atomic E-state index is 12.3. The van der Waals surface area contributed by atoms with Gasteiger partial charge in [-0.3, -0.25) is 4.79 Å². The van der Waals surface area contributed by atoms with Crippen LogP contribution in [0.15, 0.2) is 88.4 Å². The Balaban J connectivity index is 1.67. The Hall–Kier alpha value is -3.25. The van der Waals surface area contributed by atoms with E-state index in [-0.39, 0.29) is 12.3 Å². The number of hydrogen-bond acceptors (Lipinski definition) is 4. The van der Waals surface area contributed by atoms with Gasteiger partial charge in [0.15, 0.2) is 0 Å². The maximum absolute atomic E-state index is 12.3. The smallest absolute Gasteiger partial charge is 0.343 e. The maximum Gasteiger partial charge on any atom is 0.343 e. The largest absolute Gasteiger partial charge is 0.422 e. The summed E-state index contributed by atoms with van der Waals surface area (Å²) in [6, 6.07) is 23.3. The number of carbonyl (C=O) groups is 2. The highest BCUT2D eigenvalue weighted by Crippen LogP contribution is 2.23. The van der Waals surface area contributed by atoms with Crippen molar-refractivity contribution in [3.8, 4) is 5.75 Å². The second kappa shape index (κ2) is 9.62. The third-order valence-electron chi connectivity index (χ3n) is 3.78. The molecule has 0 bridgehead atoms. The molecule has 140 valence electrons. The van der Waals surface area contributed by atoms with Crippen LogP contribution in [0.3, 0.4) is 0 Å². The lowest BCUT2D eigenvalue weighted by Gasteiger charge is -2.08. The van der Waals surface area contributed by atoms with Gasteiger partial charge >= 0.3 is 5.97 Å². The molecular formula is C22H17BrN2O3. The highest BCUT2D eigenvalue weighted by atomic mass is 79.9. The predicted octanol–water partition coefficient (Wildman–Crippen LogP) is 4.36. The van der Waals surface area contributed by atoms with Crippen LogP contribution >= 0.6 is 15.9 Å². The number of nitrogens with one attached hydrogen (secondary N) is 1. The lowest BCUT2D eigenvalue weighted by Crippen LogP contribution is -2.19. The van der Waals surface area contributed by atoms with E-state index in [4.69, 9.17) is 4.74 Å². The number of carbonyl (C=O) groups excluding carboxylic acids is 2. The molecule has 6 heteroatoms. The minimum absolute atomic E-state index is 0.229. The second-order valence-electron chi connectivity index (χ2n) is 5.89. The van der Waals surface area contributed by atoms with Gasteiger partial charge in [0.2, 0.25) is 5.91 Å². The molecule has 3 aromatic rings. The summed E-state index contributed by atoms with van der Waals surface area (Å²) in [4.78, 5) is 24.3. The Bertz CT molecular complexity index is 989. The van der Waals surface area contributed by atoms with E-state index < -0.39 is 5.97 Å². The number of halogens is 1. The van der Waals surface area contributed by atoms with E-state index >= 15 is 0 Å². The minimum Gasteiger partial charge on any atom is -0.422 e. The van der Waals surface area contributed by atoms with E-state index in [9.17, 15) is 9.59 Å². The molecule has 0 saturated carbocycles. The standard InChI is InChI=1S/C22H17BrN2O3/c23-19-11-12-20(28-22(27)17-9-5-2-6-10-17)18(14-19)15-24-25-21(26)13-16-7-3-1-4-8-16/h1-12,14-15H,13H2,(H,25,26)/b24-15+. The zero-order chi connectivity index (χ0) is 19.8. The number of amides is 1. The highest BCUT2D eigenvalue weighted by Gasteiger charge is 2.11. The van der Waals surface area contributed by atoms with Crippen molar-refractivity contribution in [1.29, 1.82) is 0 Å². The quantitative estimate of drug-likeness (QED) is 0.270. The summed E-state index contributed by atoms with van der Waals surface area (Å²) in [5, 5.41) is 3.98. The van der Waals surface area contributed by atoms with Crippen molar-refractivity contribution in [2.24, 2.45) is 5.10 Å². The summed E-state index contributed by atoms with van der Waals surface area (Å²) in [6.45, 7) is 0. The Morgan fingerprint density at radius 1 is 0.964 bits per heavy atom. The molecule has 3 rings (SSSR count). The molecule has 0 aromatic heterocycles. The average molecular weight is 437 g/mol.